The third-order valence-corrected chi connectivity index (χ3v) is 2.96. The molecule has 2 aromatic rings. The van der Waals surface area contributed by atoms with E-state index >= 15 is 0 Å². The molecule has 0 aliphatic heterocycles. The largest absolute Gasteiger partial charge is 0.385 e. The average molecular weight is 301 g/mol. The Kier molecular flexibility index (Phi) is 3.54. The van der Waals surface area contributed by atoms with Crippen molar-refractivity contribution in [1.29, 1.82) is 0 Å². The maximum Gasteiger partial charge on any atom is 0.262 e. The van der Waals surface area contributed by atoms with Gasteiger partial charge in [0.2, 0.25) is 5.82 Å². The van der Waals surface area contributed by atoms with Crippen molar-refractivity contribution < 1.29 is 14.0 Å². The third kappa shape index (κ3) is 2.37. The molecule has 1 heterocycles. The van der Waals surface area contributed by atoms with Crippen molar-refractivity contribution in [2.45, 2.75) is 19.4 Å². The zero-order valence-corrected chi connectivity index (χ0v) is 10.6. The first-order valence-corrected chi connectivity index (χ1v) is 5.88. The second-order valence-electron chi connectivity index (χ2n) is 3.48. The molecule has 0 bridgehead atoms. The SMILES string of the molecule is CCC(O)c1noc(-c2c(F)cccc2Br)n1. The number of aromatic nitrogens is 2. The lowest BCUT2D eigenvalue weighted by Gasteiger charge is -2.00. The van der Waals surface area contributed by atoms with E-state index in [4.69, 9.17) is 4.52 Å². The smallest absolute Gasteiger partial charge is 0.262 e. The molecule has 6 heteroatoms. The van der Waals surface area contributed by atoms with E-state index in [9.17, 15) is 9.50 Å². The number of hydrogen-bond donors (Lipinski definition) is 1. The van der Waals surface area contributed by atoms with Gasteiger partial charge in [-0.3, -0.25) is 0 Å². The third-order valence-electron chi connectivity index (χ3n) is 2.30. The van der Waals surface area contributed by atoms with Gasteiger partial charge >= 0.3 is 0 Å². The lowest BCUT2D eigenvalue weighted by atomic mass is 10.2. The van der Waals surface area contributed by atoms with Gasteiger partial charge in [0.1, 0.15) is 11.9 Å². The van der Waals surface area contributed by atoms with Crippen LogP contribution in [-0.2, 0) is 0 Å². The highest BCUT2D eigenvalue weighted by atomic mass is 79.9. The van der Waals surface area contributed by atoms with E-state index < -0.39 is 11.9 Å². The second-order valence-corrected chi connectivity index (χ2v) is 4.33. The van der Waals surface area contributed by atoms with Gasteiger partial charge < -0.3 is 9.63 Å². The standard InChI is InChI=1S/C11H10BrFN2O2/c1-2-8(16)10-14-11(17-15-10)9-6(12)4-3-5-7(9)13/h3-5,8,16H,2H2,1H3. The number of halogens is 2. The van der Waals surface area contributed by atoms with Crippen LogP contribution in [0, 0.1) is 5.82 Å². The van der Waals surface area contributed by atoms with Gasteiger partial charge in [-0.25, -0.2) is 4.39 Å². The maximum atomic E-state index is 13.6. The van der Waals surface area contributed by atoms with Gasteiger partial charge in [0, 0.05) is 4.47 Å². The zero-order chi connectivity index (χ0) is 12.4. The molecule has 1 atom stereocenters. The normalized spacial score (nSPS) is 12.7. The van der Waals surface area contributed by atoms with Crippen LogP contribution in [0.1, 0.15) is 25.3 Å². The van der Waals surface area contributed by atoms with Crippen molar-refractivity contribution in [2.75, 3.05) is 0 Å². The highest BCUT2D eigenvalue weighted by Crippen LogP contribution is 2.30. The molecule has 4 nitrogen and oxygen atoms in total. The molecule has 0 aliphatic rings. The summed E-state index contributed by atoms with van der Waals surface area (Å²) in [6.45, 7) is 1.79. The topological polar surface area (TPSA) is 59.2 Å². The Hall–Kier alpha value is -1.27. The first-order chi connectivity index (χ1) is 8.13. The van der Waals surface area contributed by atoms with Crippen LogP contribution < -0.4 is 0 Å². The van der Waals surface area contributed by atoms with Gasteiger partial charge in [0.15, 0.2) is 0 Å². The summed E-state index contributed by atoms with van der Waals surface area (Å²) >= 11 is 3.22. The second kappa shape index (κ2) is 4.93. The van der Waals surface area contributed by atoms with E-state index in [0.717, 1.165) is 0 Å². The monoisotopic (exact) mass is 300 g/mol. The number of rotatable bonds is 3. The Morgan fingerprint density at radius 1 is 1.53 bits per heavy atom. The molecule has 0 saturated heterocycles. The van der Waals surface area contributed by atoms with Crippen LogP contribution >= 0.6 is 15.9 Å². The summed E-state index contributed by atoms with van der Waals surface area (Å²) in [4.78, 5) is 3.98. The fourth-order valence-electron chi connectivity index (χ4n) is 1.36. The molecule has 0 radical (unpaired) electrons. The van der Waals surface area contributed by atoms with Crippen molar-refractivity contribution in [3.05, 3.63) is 34.3 Å². The molecular weight excluding hydrogens is 291 g/mol. The Morgan fingerprint density at radius 3 is 2.94 bits per heavy atom. The summed E-state index contributed by atoms with van der Waals surface area (Å²) in [5.74, 6) is -0.240. The van der Waals surface area contributed by atoms with Crippen molar-refractivity contribution >= 4 is 15.9 Å². The van der Waals surface area contributed by atoms with Crippen molar-refractivity contribution in [3.63, 3.8) is 0 Å². The quantitative estimate of drug-likeness (QED) is 0.946. The number of benzene rings is 1. The molecule has 0 spiro atoms. The van der Waals surface area contributed by atoms with Crippen LogP contribution in [0.4, 0.5) is 4.39 Å². The number of nitrogens with zero attached hydrogens (tertiary/aromatic N) is 2. The molecule has 2 rings (SSSR count). The summed E-state index contributed by atoms with van der Waals surface area (Å²) in [6.07, 6.45) is -0.324. The van der Waals surface area contributed by atoms with Crippen molar-refractivity contribution in [1.82, 2.24) is 10.1 Å². The van der Waals surface area contributed by atoms with E-state index in [1.807, 2.05) is 0 Å². The molecule has 90 valence electrons. The van der Waals surface area contributed by atoms with Gasteiger partial charge in [-0.15, -0.1) is 0 Å². The summed E-state index contributed by atoms with van der Waals surface area (Å²) in [7, 11) is 0. The van der Waals surface area contributed by atoms with Crippen LogP contribution in [-0.4, -0.2) is 15.2 Å². The maximum absolute atomic E-state index is 13.6. The van der Waals surface area contributed by atoms with E-state index in [1.165, 1.54) is 6.07 Å². The molecule has 0 saturated carbocycles. The van der Waals surface area contributed by atoms with Crippen LogP contribution in [0.3, 0.4) is 0 Å². The minimum absolute atomic E-state index is 0.0532. The van der Waals surface area contributed by atoms with Crippen molar-refractivity contribution in [2.24, 2.45) is 0 Å². The molecule has 1 unspecified atom stereocenters. The molecule has 1 aromatic carbocycles. The van der Waals surface area contributed by atoms with Crippen LogP contribution in [0.25, 0.3) is 11.5 Å². The Morgan fingerprint density at radius 2 is 2.29 bits per heavy atom. The van der Waals surface area contributed by atoms with Gasteiger partial charge in [-0.05, 0) is 34.5 Å². The predicted molar refractivity (Wildman–Crippen MR) is 62.6 cm³/mol. The van der Waals surface area contributed by atoms with Crippen LogP contribution in [0.2, 0.25) is 0 Å². The first-order valence-electron chi connectivity index (χ1n) is 5.09. The lowest BCUT2D eigenvalue weighted by molar-refractivity contribution is 0.159. The van der Waals surface area contributed by atoms with Gasteiger partial charge in [-0.2, -0.15) is 4.98 Å². The molecule has 0 amide bonds. The number of aliphatic hydroxyl groups is 1. The minimum Gasteiger partial charge on any atom is -0.385 e. The number of hydrogen-bond acceptors (Lipinski definition) is 4. The Labute approximate surface area is 106 Å². The number of aliphatic hydroxyl groups excluding tert-OH is 1. The van der Waals surface area contributed by atoms with Gasteiger partial charge in [0.25, 0.3) is 5.89 Å². The van der Waals surface area contributed by atoms with Gasteiger partial charge in [-0.1, -0.05) is 18.1 Å². The predicted octanol–water partition coefficient (Wildman–Crippen LogP) is 3.08. The van der Waals surface area contributed by atoms with E-state index in [1.54, 1.807) is 19.1 Å². The molecule has 1 aromatic heterocycles. The lowest BCUT2D eigenvalue weighted by Crippen LogP contribution is -1.97. The molecular formula is C11H10BrFN2O2. The highest BCUT2D eigenvalue weighted by molar-refractivity contribution is 9.10. The average Bonchev–Trinajstić information content (AvgIpc) is 2.77. The fraction of sp³-hybridized carbons (Fsp3) is 0.273. The Bertz CT molecular complexity index is 510. The molecule has 1 N–H and O–H groups in total. The molecule has 17 heavy (non-hydrogen) atoms. The molecule has 0 fully saturated rings. The van der Waals surface area contributed by atoms with Gasteiger partial charge in [0.05, 0.1) is 5.56 Å². The first kappa shape index (κ1) is 12.2. The zero-order valence-electron chi connectivity index (χ0n) is 9.02. The van der Waals surface area contributed by atoms with Crippen LogP contribution in [0.5, 0.6) is 0 Å². The van der Waals surface area contributed by atoms with E-state index in [0.29, 0.717) is 10.9 Å². The highest BCUT2D eigenvalue weighted by Gasteiger charge is 2.19. The minimum atomic E-state index is -0.793. The van der Waals surface area contributed by atoms with Crippen LogP contribution in [0.15, 0.2) is 27.2 Å². The summed E-state index contributed by atoms with van der Waals surface area (Å²) in [6, 6.07) is 4.56. The van der Waals surface area contributed by atoms with Crippen molar-refractivity contribution in [3.8, 4) is 11.5 Å². The Balaban J connectivity index is 2.44. The molecule has 0 aliphatic carbocycles. The van der Waals surface area contributed by atoms with E-state index in [2.05, 4.69) is 26.1 Å². The summed E-state index contributed by atoms with van der Waals surface area (Å²) in [5.41, 5.74) is 0.203. The van der Waals surface area contributed by atoms with E-state index in [-0.39, 0.29) is 17.3 Å². The fourth-order valence-corrected chi connectivity index (χ4v) is 1.87. The summed E-state index contributed by atoms with van der Waals surface area (Å²) < 4.78 is 19.1. The summed E-state index contributed by atoms with van der Waals surface area (Å²) in [5, 5.41) is 13.2.